The molecular formula is C5H14NO3S+. The summed E-state index contributed by atoms with van der Waals surface area (Å²) in [5.41, 5.74) is 0. The van der Waals surface area contributed by atoms with Gasteiger partial charge in [-0.3, -0.25) is 0 Å². The van der Waals surface area contributed by atoms with Crippen LogP contribution in [0.5, 0.6) is 0 Å². The fourth-order valence-electron chi connectivity index (χ4n) is 0.407. The molecule has 0 spiro atoms. The highest BCUT2D eigenvalue weighted by Gasteiger charge is 2.26. The third-order valence-corrected chi connectivity index (χ3v) is 3.51. The molecule has 62 valence electrons. The van der Waals surface area contributed by atoms with Gasteiger partial charge >= 0.3 is 0 Å². The molecule has 10 heavy (non-hydrogen) atoms. The lowest BCUT2D eigenvalue weighted by molar-refractivity contribution is -0.762. The van der Waals surface area contributed by atoms with Crippen molar-refractivity contribution in [3.05, 3.63) is 0 Å². The van der Waals surface area contributed by atoms with Crippen molar-refractivity contribution in [3.8, 4) is 0 Å². The smallest absolute Gasteiger partial charge is 0.293 e. The number of likely N-dealkylation sites (N-methyl/N-ethyl adjacent to an activating group) is 1. The van der Waals surface area contributed by atoms with Crippen molar-refractivity contribution in [3.63, 3.8) is 0 Å². The Bertz CT molecular complexity index is 195. The van der Waals surface area contributed by atoms with Crippen LogP contribution in [-0.2, 0) is 10.0 Å². The second-order valence-electron chi connectivity index (χ2n) is 2.75. The minimum atomic E-state index is -3.09. The predicted octanol–water partition coefficient (Wildman–Crippen LogP) is -0.985. The summed E-state index contributed by atoms with van der Waals surface area (Å²) < 4.78 is 21.6. The van der Waals surface area contributed by atoms with Crippen LogP contribution < -0.4 is 0 Å². The molecule has 0 aromatic carbocycles. The molecule has 0 rings (SSSR count). The van der Waals surface area contributed by atoms with Crippen LogP contribution in [0.1, 0.15) is 0 Å². The first-order chi connectivity index (χ1) is 4.31. The van der Waals surface area contributed by atoms with E-state index in [0.717, 1.165) is 6.26 Å². The molecule has 0 fully saturated rings. The SMILES string of the molecule is C[N+](C)(CCO)S(C)(=O)=O. The third-order valence-electron chi connectivity index (χ3n) is 1.54. The molecule has 0 aromatic rings. The van der Waals surface area contributed by atoms with E-state index in [1.54, 1.807) is 14.1 Å². The fraction of sp³-hybridized carbons (Fsp3) is 1.00. The van der Waals surface area contributed by atoms with E-state index in [0.29, 0.717) is 0 Å². The quantitative estimate of drug-likeness (QED) is 0.551. The van der Waals surface area contributed by atoms with Crippen LogP contribution in [0.25, 0.3) is 0 Å². The zero-order valence-corrected chi connectivity index (χ0v) is 7.35. The predicted molar refractivity (Wildman–Crippen MR) is 38.9 cm³/mol. The number of quaternary nitrogens is 1. The number of hydrogen-bond acceptors (Lipinski definition) is 3. The Morgan fingerprint density at radius 3 is 1.90 bits per heavy atom. The van der Waals surface area contributed by atoms with Crippen LogP contribution in [0.2, 0.25) is 0 Å². The van der Waals surface area contributed by atoms with Crippen molar-refractivity contribution in [2.24, 2.45) is 0 Å². The highest BCUT2D eigenvalue weighted by atomic mass is 32.2. The van der Waals surface area contributed by atoms with Gasteiger partial charge in [0.1, 0.15) is 6.54 Å². The van der Waals surface area contributed by atoms with Crippen LogP contribution in [-0.4, -0.2) is 50.9 Å². The number of hydrogen-bond donors (Lipinski definition) is 1. The number of rotatable bonds is 3. The van der Waals surface area contributed by atoms with Gasteiger partial charge in [0.15, 0.2) is 0 Å². The Kier molecular flexibility index (Phi) is 2.82. The molecule has 4 nitrogen and oxygen atoms in total. The number of sulfonamides is 1. The average molecular weight is 168 g/mol. The highest BCUT2D eigenvalue weighted by molar-refractivity contribution is 7.85. The van der Waals surface area contributed by atoms with Gasteiger partial charge in [0.2, 0.25) is 0 Å². The molecule has 0 aliphatic heterocycles. The van der Waals surface area contributed by atoms with E-state index in [4.69, 9.17) is 5.11 Å². The highest BCUT2D eigenvalue weighted by Crippen LogP contribution is 2.03. The summed E-state index contributed by atoms with van der Waals surface area (Å²) in [5.74, 6) is 0. The van der Waals surface area contributed by atoms with E-state index < -0.39 is 10.0 Å². The topological polar surface area (TPSA) is 54.4 Å². The van der Waals surface area contributed by atoms with Gasteiger partial charge in [0.05, 0.1) is 27.0 Å². The van der Waals surface area contributed by atoms with Crippen LogP contribution in [0, 0.1) is 0 Å². The normalized spacial score (nSPS) is 13.6. The van der Waals surface area contributed by atoms with Gasteiger partial charge in [-0.2, -0.15) is 8.42 Å². The van der Waals surface area contributed by atoms with Crippen molar-refractivity contribution < 1.29 is 17.4 Å². The van der Waals surface area contributed by atoms with Gasteiger partial charge in [-0.05, 0) is 0 Å². The van der Waals surface area contributed by atoms with Gasteiger partial charge < -0.3 is 5.11 Å². The van der Waals surface area contributed by atoms with Gasteiger partial charge in [-0.25, -0.2) is 3.89 Å². The summed E-state index contributed by atoms with van der Waals surface area (Å²) in [4.78, 5) is 0. The molecule has 0 saturated carbocycles. The molecule has 0 aliphatic rings. The molecule has 0 amide bonds. The first-order valence-electron chi connectivity index (χ1n) is 2.95. The van der Waals surface area contributed by atoms with Crippen LogP contribution in [0.15, 0.2) is 0 Å². The average Bonchev–Trinajstić information content (AvgIpc) is 1.61. The standard InChI is InChI=1S/C5H14NO3S/c1-6(2,4-5-7)10(3,8)9/h7H,4-5H2,1-3H3/q+1. The summed E-state index contributed by atoms with van der Waals surface area (Å²) in [6.45, 7) is 0.124. The maximum atomic E-state index is 10.9. The summed E-state index contributed by atoms with van der Waals surface area (Å²) in [5, 5.41) is 8.49. The lowest BCUT2D eigenvalue weighted by atomic mass is 10.6. The Balaban J connectivity index is 4.42. The van der Waals surface area contributed by atoms with Gasteiger partial charge in [-0.15, -0.1) is 0 Å². The van der Waals surface area contributed by atoms with E-state index >= 15 is 0 Å². The Morgan fingerprint density at radius 1 is 1.40 bits per heavy atom. The van der Waals surface area contributed by atoms with Crippen molar-refractivity contribution in [2.75, 3.05) is 33.5 Å². The molecule has 1 N–H and O–H groups in total. The monoisotopic (exact) mass is 168 g/mol. The Labute approximate surface area is 61.7 Å². The lowest BCUT2D eigenvalue weighted by Crippen LogP contribution is -2.46. The maximum Gasteiger partial charge on any atom is 0.293 e. The number of nitrogens with zero attached hydrogens (tertiary/aromatic N) is 1. The molecule has 0 saturated heterocycles. The molecule has 0 radical (unpaired) electrons. The molecule has 5 heteroatoms. The largest absolute Gasteiger partial charge is 0.390 e. The Morgan fingerprint density at radius 2 is 1.80 bits per heavy atom. The van der Waals surface area contributed by atoms with Crippen molar-refractivity contribution in [1.29, 1.82) is 0 Å². The fourth-order valence-corrected chi connectivity index (χ4v) is 0.820. The molecule has 0 aliphatic carbocycles. The number of aliphatic hydroxyl groups excluding tert-OH is 1. The molecule has 0 unspecified atom stereocenters. The van der Waals surface area contributed by atoms with Crippen molar-refractivity contribution >= 4 is 10.0 Å². The van der Waals surface area contributed by atoms with Crippen molar-refractivity contribution in [1.82, 2.24) is 0 Å². The summed E-state index contributed by atoms with van der Waals surface area (Å²) in [7, 11) is 0.00734. The second kappa shape index (κ2) is 2.86. The van der Waals surface area contributed by atoms with Gasteiger partial charge in [0.25, 0.3) is 10.0 Å². The van der Waals surface area contributed by atoms with E-state index in [9.17, 15) is 8.42 Å². The maximum absolute atomic E-state index is 10.9. The summed E-state index contributed by atoms with van der Waals surface area (Å²) in [6.07, 6.45) is 1.16. The molecular weight excluding hydrogens is 154 g/mol. The van der Waals surface area contributed by atoms with Crippen LogP contribution in [0.4, 0.5) is 0 Å². The molecule has 0 bridgehead atoms. The van der Waals surface area contributed by atoms with Crippen LogP contribution >= 0.6 is 0 Å². The molecule has 0 aromatic heterocycles. The lowest BCUT2D eigenvalue weighted by Gasteiger charge is -2.25. The van der Waals surface area contributed by atoms with Crippen LogP contribution in [0.3, 0.4) is 0 Å². The number of aliphatic hydroxyl groups is 1. The summed E-state index contributed by atoms with van der Waals surface area (Å²) >= 11 is 0. The first-order valence-corrected chi connectivity index (χ1v) is 4.80. The minimum absolute atomic E-state index is 0.111. The first kappa shape index (κ1) is 9.87. The summed E-state index contributed by atoms with van der Waals surface area (Å²) in [6, 6.07) is 0. The van der Waals surface area contributed by atoms with E-state index in [1.165, 1.54) is 0 Å². The van der Waals surface area contributed by atoms with E-state index in [2.05, 4.69) is 0 Å². The Hall–Kier alpha value is -0.130. The third kappa shape index (κ3) is 2.24. The van der Waals surface area contributed by atoms with E-state index in [-0.39, 0.29) is 17.0 Å². The second-order valence-corrected chi connectivity index (χ2v) is 5.21. The molecule has 0 heterocycles. The minimum Gasteiger partial charge on any atom is -0.390 e. The van der Waals surface area contributed by atoms with E-state index in [1.807, 2.05) is 0 Å². The zero-order chi connectivity index (χ0) is 8.41. The zero-order valence-electron chi connectivity index (χ0n) is 6.53. The van der Waals surface area contributed by atoms with Gasteiger partial charge in [0, 0.05) is 0 Å². The van der Waals surface area contributed by atoms with Gasteiger partial charge in [-0.1, -0.05) is 0 Å². The van der Waals surface area contributed by atoms with Crippen molar-refractivity contribution in [2.45, 2.75) is 0 Å². The molecule has 0 atom stereocenters.